The third-order valence-electron chi connectivity index (χ3n) is 2.35. The summed E-state index contributed by atoms with van der Waals surface area (Å²) < 4.78 is 29.3. The van der Waals surface area contributed by atoms with Crippen molar-refractivity contribution in [3.63, 3.8) is 0 Å². The zero-order valence-electron chi connectivity index (χ0n) is 8.45. The smallest absolute Gasteiger partial charge is 0.187 e. The van der Waals surface area contributed by atoms with Crippen LogP contribution in [-0.4, -0.2) is 18.4 Å². The van der Waals surface area contributed by atoms with Crippen LogP contribution in [-0.2, 0) is 11.1 Å². The summed E-state index contributed by atoms with van der Waals surface area (Å²) in [5.41, 5.74) is 6.01. The van der Waals surface area contributed by atoms with Gasteiger partial charge in [-0.2, -0.15) is 0 Å². The largest absolute Gasteiger partial charge is 0.507 e. The Labute approximate surface area is 104 Å². The minimum Gasteiger partial charge on any atom is -0.507 e. The molecule has 0 heterocycles. The lowest BCUT2D eigenvalue weighted by atomic mass is 10.1. The molecule has 0 aliphatic heterocycles. The lowest BCUT2D eigenvalue weighted by Crippen LogP contribution is -1.94. The standard InChI is InChI=1S/C10H9NO4S2/c11-7-1-2-9(17(14)15)6-3-5(16-13)4-8(12)10(6)7/h1-4,12-13H,11H2,(H,14,15). The van der Waals surface area contributed by atoms with Gasteiger partial charge in [0.1, 0.15) is 5.75 Å². The fourth-order valence-corrected chi connectivity index (χ4v) is 2.51. The Bertz CT molecular complexity index is 615. The minimum atomic E-state index is -2.19. The predicted molar refractivity (Wildman–Crippen MR) is 67.5 cm³/mol. The van der Waals surface area contributed by atoms with Crippen LogP contribution < -0.4 is 5.73 Å². The van der Waals surface area contributed by atoms with Crippen molar-refractivity contribution in [2.45, 2.75) is 9.79 Å². The average Bonchev–Trinajstić information content (AvgIpc) is 2.28. The van der Waals surface area contributed by atoms with E-state index >= 15 is 0 Å². The molecule has 0 aliphatic rings. The molecule has 7 heteroatoms. The second-order valence-electron chi connectivity index (χ2n) is 3.36. The first-order valence-corrected chi connectivity index (χ1v) is 6.40. The fraction of sp³-hybridized carbons (Fsp3) is 0. The van der Waals surface area contributed by atoms with Gasteiger partial charge in [-0.15, -0.1) is 0 Å². The number of anilines is 1. The minimum absolute atomic E-state index is 0.135. The maximum Gasteiger partial charge on any atom is 0.187 e. The van der Waals surface area contributed by atoms with Crippen LogP contribution in [0.25, 0.3) is 10.8 Å². The number of benzene rings is 2. The summed E-state index contributed by atoms with van der Waals surface area (Å²) >= 11 is -1.75. The number of aromatic hydroxyl groups is 1. The first-order valence-electron chi connectivity index (χ1n) is 4.52. The number of fused-ring (bicyclic) bond motifs is 1. The zero-order chi connectivity index (χ0) is 12.6. The summed E-state index contributed by atoms with van der Waals surface area (Å²) in [5, 5.41) is 10.4. The number of rotatable bonds is 2. The highest BCUT2D eigenvalue weighted by molar-refractivity contribution is 7.93. The fourth-order valence-electron chi connectivity index (χ4n) is 1.64. The third-order valence-corrected chi connectivity index (χ3v) is 3.53. The van der Waals surface area contributed by atoms with Crippen molar-refractivity contribution < 1.29 is 18.4 Å². The van der Waals surface area contributed by atoms with Gasteiger partial charge in [-0.1, -0.05) is 0 Å². The molecule has 1 atom stereocenters. The van der Waals surface area contributed by atoms with Gasteiger partial charge in [-0.05, 0) is 24.3 Å². The average molecular weight is 271 g/mol. The molecule has 0 bridgehead atoms. The molecule has 17 heavy (non-hydrogen) atoms. The van der Waals surface area contributed by atoms with Gasteiger partial charge in [-0.25, -0.2) is 4.21 Å². The number of hydrogen-bond donors (Lipinski definition) is 4. The van der Waals surface area contributed by atoms with Crippen LogP contribution in [0.15, 0.2) is 34.1 Å². The molecule has 2 aromatic carbocycles. The second kappa shape index (κ2) is 4.53. The van der Waals surface area contributed by atoms with Crippen LogP contribution in [0.5, 0.6) is 5.75 Å². The molecule has 2 aromatic rings. The van der Waals surface area contributed by atoms with Crippen molar-refractivity contribution in [2.24, 2.45) is 0 Å². The van der Waals surface area contributed by atoms with E-state index in [-0.39, 0.29) is 10.6 Å². The maximum atomic E-state index is 11.2. The quantitative estimate of drug-likeness (QED) is 0.379. The molecular weight excluding hydrogens is 262 g/mol. The Morgan fingerprint density at radius 2 is 2.00 bits per heavy atom. The Hall–Kier alpha value is -1.28. The molecule has 5 nitrogen and oxygen atoms in total. The van der Waals surface area contributed by atoms with Crippen molar-refractivity contribution in [3.8, 4) is 5.75 Å². The molecule has 5 N–H and O–H groups in total. The first kappa shape index (κ1) is 12.2. The molecular formula is C10H9NO4S2. The number of phenols is 1. The summed E-state index contributed by atoms with van der Waals surface area (Å²) in [6.07, 6.45) is 0. The molecule has 0 saturated heterocycles. The van der Waals surface area contributed by atoms with E-state index in [1.54, 1.807) is 0 Å². The van der Waals surface area contributed by atoms with Gasteiger partial charge in [0.05, 0.1) is 4.90 Å². The monoisotopic (exact) mass is 271 g/mol. The molecule has 0 spiro atoms. The van der Waals surface area contributed by atoms with Gasteiger partial charge in [0.2, 0.25) is 0 Å². The lowest BCUT2D eigenvalue weighted by molar-refractivity contribution is 0.480. The molecule has 0 fully saturated rings. The Morgan fingerprint density at radius 3 is 2.59 bits per heavy atom. The van der Waals surface area contributed by atoms with E-state index in [1.165, 1.54) is 24.3 Å². The van der Waals surface area contributed by atoms with Gasteiger partial charge in [-0.3, -0.25) is 0 Å². The SMILES string of the molecule is Nc1ccc(S(=O)O)c2cc(SO)cc(O)c12. The molecule has 0 aromatic heterocycles. The van der Waals surface area contributed by atoms with Crippen molar-refractivity contribution >= 4 is 39.6 Å². The summed E-state index contributed by atoms with van der Waals surface area (Å²) in [7, 11) is 0. The predicted octanol–water partition coefficient (Wildman–Crippen LogP) is 2.27. The van der Waals surface area contributed by atoms with E-state index in [0.717, 1.165) is 0 Å². The van der Waals surface area contributed by atoms with Crippen molar-refractivity contribution in [2.75, 3.05) is 5.73 Å². The topological polar surface area (TPSA) is 104 Å². The van der Waals surface area contributed by atoms with E-state index in [1.807, 2.05) is 0 Å². The molecule has 90 valence electrons. The summed E-state index contributed by atoms with van der Waals surface area (Å²) in [4.78, 5) is 0.507. The summed E-state index contributed by atoms with van der Waals surface area (Å²) in [6.45, 7) is 0. The van der Waals surface area contributed by atoms with Crippen LogP contribution in [0.2, 0.25) is 0 Å². The Kier molecular flexibility index (Phi) is 3.25. The van der Waals surface area contributed by atoms with Crippen LogP contribution >= 0.6 is 12.0 Å². The number of nitrogens with two attached hydrogens (primary N) is 1. The first-order chi connectivity index (χ1) is 8.04. The number of phenolic OH excluding ortho intramolecular Hbond substituents is 1. The van der Waals surface area contributed by atoms with Crippen molar-refractivity contribution in [1.29, 1.82) is 0 Å². The highest BCUT2D eigenvalue weighted by atomic mass is 32.2. The molecule has 0 saturated carbocycles. The van der Waals surface area contributed by atoms with E-state index in [9.17, 15) is 9.32 Å². The molecule has 1 unspecified atom stereocenters. The number of hydrogen-bond acceptors (Lipinski definition) is 5. The highest BCUT2D eigenvalue weighted by Crippen LogP contribution is 2.36. The number of nitrogen functional groups attached to an aromatic ring is 1. The van der Waals surface area contributed by atoms with Crippen LogP contribution in [0.1, 0.15) is 0 Å². The van der Waals surface area contributed by atoms with Crippen molar-refractivity contribution in [1.82, 2.24) is 0 Å². The molecule has 0 aliphatic carbocycles. The third kappa shape index (κ3) is 2.09. The summed E-state index contributed by atoms with van der Waals surface area (Å²) in [5.74, 6) is -0.135. The summed E-state index contributed by atoms with van der Waals surface area (Å²) in [6, 6.07) is 5.71. The van der Waals surface area contributed by atoms with Gasteiger partial charge < -0.3 is 19.9 Å². The zero-order valence-corrected chi connectivity index (χ0v) is 10.1. The maximum absolute atomic E-state index is 11.2. The van der Waals surface area contributed by atoms with E-state index < -0.39 is 11.1 Å². The van der Waals surface area contributed by atoms with E-state index in [0.29, 0.717) is 33.4 Å². The van der Waals surface area contributed by atoms with Crippen LogP contribution in [0, 0.1) is 0 Å². The lowest BCUT2D eigenvalue weighted by Gasteiger charge is -2.09. The second-order valence-corrected chi connectivity index (χ2v) is 4.95. The van der Waals surface area contributed by atoms with Crippen LogP contribution in [0.4, 0.5) is 5.69 Å². The molecule has 0 radical (unpaired) electrons. The normalized spacial score (nSPS) is 12.8. The van der Waals surface area contributed by atoms with Gasteiger partial charge in [0.25, 0.3) is 0 Å². The Balaban J connectivity index is 2.92. The molecule has 0 amide bonds. The highest BCUT2D eigenvalue weighted by Gasteiger charge is 2.13. The van der Waals surface area contributed by atoms with Gasteiger partial charge >= 0.3 is 0 Å². The molecule has 2 rings (SSSR count). The van der Waals surface area contributed by atoms with E-state index in [4.69, 9.17) is 14.8 Å². The van der Waals surface area contributed by atoms with Gasteiger partial charge in [0, 0.05) is 33.4 Å². The van der Waals surface area contributed by atoms with Gasteiger partial charge in [0.15, 0.2) is 11.1 Å². The van der Waals surface area contributed by atoms with Crippen LogP contribution in [0.3, 0.4) is 0 Å². The Morgan fingerprint density at radius 1 is 1.29 bits per heavy atom. The van der Waals surface area contributed by atoms with E-state index in [2.05, 4.69) is 0 Å². The van der Waals surface area contributed by atoms with Crippen molar-refractivity contribution in [3.05, 3.63) is 24.3 Å².